The molecule has 3 heteroatoms. The van der Waals surface area contributed by atoms with Gasteiger partial charge in [0.15, 0.2) is 0 Å². The van der Waals surface area contributed by atoms with Crippen LogP contribution in [-0.2, 0) is 6.42 Å². The van der Waals surface area contributed by atoms with Gasteiger partial charge in [0.05, 0.1) is 5.02 Å². The summed E-state index contributed by atoms with van der Waals surface area (Å²) in [6.07, 6.45) is 2.64. The lowest BCUT2D eigenvalue weighted by Crippen LogP contribution is -2.34. The highest BCUT2D eigenvalue weighted by Crippen LogP contribution is 2.24. The quantitative estimate of drug-likeness (QED) is 0.861. The molecule has 0 saturated heterocycles. The molecule has 1 atom stereocenters. The second-order valence-corrected chi connectivity index (χ2v) is 5.96. The van der Waals surface area contributed by atoms with Gasteiger partial charge in [-0.25, -0.2) is 4.39 Å². The molecule has 0 heterocycles. The summed E-state index contributed by atoms with van der Waals surface area (Å²) < 4.78 is 13.2. The Morgan fingerprint density at radius 2 is 2.00 bits per heavy atom. The molecule has 1 aromatic rings. The van der Waals surface area contributed by atoms with Crippen LogP contribution < -0.4 is 5.73 Å². The van der Waals surface area contributed by atoms with Gasteiger partial charge in [0, 0.05) is 6.04 Å². The summed E-state index contributed by atoms with van der Waals surface area (Å²) in [5, 5.41) is 0.247. The fraction of sp³-hybridized carbons (Fsp3) is 0.571. The zero-order chi connectivity index (χ0) is 13.1. The van der Waals surface area contributed by atoms with E-state index in [-0.39, 0.29) is 22.3 Å². The Kier molecular flexibility index (Phi) is 4.96. The van der Waals surface area contributed by atoms with E-state index in [1.54, 1.807) is 6.07 Å². The van der Waals surface area contributed by atoms with Gasteiger partial charge < -0.3 is 5.73 Å². The van der Waals surface area contributed by atoms with Crippen LogP contribution in [0.25, 0.3) is 0 Å². The first-order valence-corrected chi connectivity index (χ1v) is 6.38. The van der Waals surface area contributed by atoms with Crippen molar-refractivity contribution in [2.24, 2.45) is 11.1 Å². The van der Waals surface area contributed by atoms with Gasteiger partial charge in [0.25, 0.3) is 0 Å². The van der Waals surface area contributed by atoms with Crippen molar-refractivity contribution in [2.45, 2.75) is 46.1 Å². The number of aryl methyl sites for hydroxylation is 1. The molecule has 0 bridgehead atoms. The van der Waals surface area contributed by atoms with Crippen molar-refractivity contribution in [1.82, 2.24) is 0 Å². The van der Waals surface area contributed by atoms with Crippen molar-refractivity contribution < 1.29 is 4.39 Å². The molecule has 1 aromatic carbocycles. The lowest BCUT2D eigenvalue weighted by Gasteiger charge is -2.27. The molecular formula is C14H21ClFN. The summed E-state index contributed by atoms with van der Waals surface area (Å²) in [5.41, 5.74) is 7.06. The summed E-state index contributed by atoms with van der Waals surface area (Å²) in [4.78, 5) is 0. The van der Waals surface area contributed by atoms with Crippen LogP contribution in [-0.4, -0.2) is 6.04 Å². The van der Waals surface area contributed by atoms with Crippen LogP contribution in [0.15, 0.2) is 18.2 Å². The predicted octanol–water partition coefficient (Wildman–Crippen LogP) is 4.18. The van der Waals surface area contributed by atoms with E-state index in [0.717, 1.165) is 24.8 Å². The minimum Gasteiger partial charge on any atom is -0.327 e. The molecule has 0 spiro atoms. The Morgan fingerprint density at radius 3 is 2.59 bits per heavy atom. The minimum absolute atomic E-state index is 0.117. The molecule has 0 aromatic heterocycles. The SMILES string of the molecule is CC(C)(C)C(N)CCCc1cccc(F)c1Cl. The van der Waals surface area contributed by atoms with Crippen LogP contribution in [0.4, 0.5) is 4.39 Å². The summed E-state index contributed by atoms with van der Waals surface area (Å²) in [6, 6.07) is 5.11. The van der Waals surface area contributed by atoms with Gasteiger partial charge in [0.2, 0.25) is 0 Å². The molecule has 1 rings (SSSR count). The summed E-state index contributed by atoms with van der Waals surface area (Å²) in [7, 11) is 0. The molecule has 0 radical (unpaired) electrons. The largest absolute Gasteiger partial charge is 0.327 e. The number of halogens is 2. The predicted molar refractivity (Wildman–Crippen MR) is 71.8 cm³/mol. The van der Waals surface area contributed by atoms with Gasteiger partial charge in [-0.2, -0.15) is 0 Å². The number of benzene rings is 1. The molecule has 0 saturated carbocycles. The van der Waals surface area contributed by atoms with Gasteiger partial charge in [-0.05, 0) is 36.3 Å². The molecule has 0 aliphatic rings. The number of hydrogen-bond donors (Lipinski definition) is 1. The smallest absolute Gasteiger partial charge is 0.142 e. The lowest BCUT2D eigenvalue weighted by atomic mass is 9.84. The molecule has 1 unspecified atom stereocenters. The van der Waals surface area contributed by atoms with Crippen molar-refractivity contribution >= 4 is 11.6 Å². The average molecular weight is 258 g/mol. The van der Waals surface area contributed by atoms with Crippen molar-refractivity contribution in [3.8, 4) is 0 Å². The van der Waals surface area contributed by atoms with Gasteiger partial charge in [-0.15, -0.1) is 0 Å². The second-order valence-electron chi connectivity index (χ2n) is 5.58. The highest BCUT2D eigenvalue weighted by Gasteiger charge is 2.19. The van der Waals surface area contributed by atoms with Crippen LogP contribution in [0.5, 0.6) is 0 Å². The van der Waals surface area contributed by atoms with E-state index < -0.39 is 0 Å². The van der Waals surface area contributed by atoms with Crippen LogP contribution in [0.2, 0.25) is 5.02 Å². The first kappa shape index (κ1) is 14.5. The van der Waals surface area contributed by atoms with Crippen LogP contribution >= 0.6 is 11.6 Å². The van der Waals surface area contributed by atoms with Crippen LogP contribution in [0, 0.1) is 11.2 Å². The van der Waals surface area contributed by atoms with E-state index in [0.29, 0.717) is 0 Å². The standard InChI is InChI=1S/C14H21ClFN/c1-14(2,3)12(17)9-5-7-10-6-4-8-11(16)13(10)15/h4,6,8,12H,5,7,9,17H2,1-3H3. The average Bonchev–Trinajstić information content (AvgIpc) is 2.22. The molecule has 1 nitrogen and oxygen atoms in total. The Hall–Kier alpha value is -0.600. The molecule has 0 aliphatic heterocycles. The molecule has 0 aliphatic carbocycles. The number of rotatable bonds is 4. The summed E-state index contributed by atoms with van der Waals surface area (Å²) in [5.74, 6) is -0.343. The summed E-state index contributed by atoms with van der Waals surface area (Å²) >= 11 is 5.89. The van der Waals surface area contributed by atoms with E-state index in [1.807, 2.05) is 6.07 Å². The van der Waals surface area contributed by atoms with Crippen molar-refractivity contribution in [3.63, 3.8) is 0 Å². The third-order valence-electron chi connectivity index (χ3n) is 3.11. The molecule has 0 amide bonds. The molecule has 2 N–H and O–H groups in total. The first-order chi connectivity index (χ1) is 7.82. The minimum atomic E-state index is -0.343. The zero-order valence-corrected chi connectivity index (χ0v) is 11.5. The lowest BCUT2D eigenvalue weighted by molar-refractivity contribution is 0.301. The Morgan fingerprint density at radius 1 is 1.35 bits per heavy atom. The van der Waals surface area contributed by atoms with E-state index in [9.17, 15) is 4.39 Å². The van der Waals surface area contributed by atoms with Crippen LogP contribution in [0.1, 0.15) is 39.2 Å². The fourth-order valence-electron chi connectivity index (χ4n) is 1.69. The van der Waals surface area contributed by atoms with E-state index >= 15 is 0 Å². The maximum atomic E-state index is 13.2. The van der Waals surface area contributed by atoms with Crippen LogP contribution in [0.3, 0.4) is 0 Å². The third kappa shape index (κ3) is 4.29. The zero-order valence-electron chi connectivity index (χ0n) is 10.8. The highest BCUT2D eigenvalue weighted by atomic mass is 35.5. The Balaban J connectivity index is 2.49. The first-order valence-electron chi connectivity index (χ1n) is 6.01. The third-order valence-corrected chi connectivity index (χ3v) is 3.53. The van der Waals surface area contributed by atoms with Crippen molar-refractivity contribution in [2.75, 3.05) is 0 Å². The van der Waals surface area contributed by atoms with E-state index in [2.05, 4.69) is 20.8 Å². The van der Waals surface area contributed by atoms with E-state index in [4.69, 9.17) is 17.3 Å². The topological polar surface area (TPSA) is 26.0 Å². The molecule has 96 valence electrons. The van der Waals surface area contributed by atoms with Gasteiger partial charge in [-0.3, -0.25) is 0 Å². The molecule has 0 fully saturated rings. The summed E-state index contributed by atoms with van der Waals surface area (Å²) in [6.45, 7) is 6.40. The number of nitrogens with two attached hydrogens (primary N) is 1. The van der Waals surface area contributed by atoms with Gasteiger partial charge in [-0.1, -0.05) is 44.5 Å². The van der Waals surface area contributed by atoms with Gasteiger partial charge >= 0.3 is 0 Å². The molecular weight excluding hydrogens is 237 g/mol. The maximum Gasteiger partial charge on any atom is 0.142 e. The van der Waals surface area contributed by atoms with E-state index in [1.165, 1.54) is 6.07 Å². The second kappa shape index (κ2) is 5.83. The number of hydrogen-bond acceptors (Lipinski definition) is 1. The normalized spacial score (nSPS) is 13.8. The fourth-order valence-corrected chi connectivity index (χ4v) is 1.91. The monoisotopic (exact) mass is 257 g/mol. The van der Waals surface area contributed by atoms with Crippen molar-refractivity contribution in [3.05, 3.63) is 34.6 Å². The maximum absolute atomic E-state index is 13.2. The molecule has 17 heavy (non-hydrogen) atoms. The highest BCUT2D eigenvalue weighted by molar-refractivity contribution is 6.31. The Labute approximate surface area is 108 Å². The van der Waals surface area contributed by atoms with Gasteiger partial charge in [0.1, 0.15) is 5.82 Å². The Bertz CT molecular complexity index is 371. The van der Waals surface area contributed by atoms with Crippen molar-refractivity contribution in [1.29, 1.82) is 0 Å².